The van der Waals surface area contributed by atoms with Gasteiger partial charge >= 0.3 is 0 Å². The minimum Gasteiger partial charge on any atom is -0.282 e. The SMILES string of the molecule is O=C1C=C(c2ccccc2)CS1. The Morgan fingerprint density at radius 3 is 2.50 bits per heavy atom. The van der Waals surface area contributed by atoms with E-state index in [0.717, 1.165) is 16.9 Å². The highest BCUT2D eigenvalue weighted by atomic mass is 32.2. The van der Waals surface area contributed by atoms with Crippen LogP contribution >= 0.6 is 11.8 Å². The molecule has 12 heavy (non-hydrogen) atoms. The molecule has 0 aromatic heterocycles. The number of thioether (sulfide) groups is 1. The van der Waals surface area contributed by atoms with Crippen LogP contribution < -0.4 is 0 Å². The fraction of sp³-hybridized carbons (Fsp3) is 0.100. The molecule has 0 saturated heterocycles. The van der Waals surface area contributed by atoms with Gasteiger partial charge in [0.15, 0.2) is 0 Å². The Labute approximate surface area is 75.5 Å². The van der Waals surface area contributed by atoms with E-state index in [2.05, 4.69) is 0 Å². The standard InChI is InChI=1S/C10H8OS/c11-10-6-9(7-12-10)8-4-2-1-3-5-8/h1-6H,7H2. The van der Waals surface area contributed by atoms with E-state index in [-0.39, 0.29) is 5.12 Å². The Kier molecular flexibility index (Phi) is 2.00. The van der Waals surface area contributed by atoms with Gasteiger partial charge in [-0.3, -0.25) is 4.79 Å². The molecule has 1 aromatic rings. The minimum atomic E-state index is 0.175. The van der Waals surface area contributed by atoms with Crippen LogP contribution in [0.4, 0.5) is 0 Å². The second-order valence-electron chi connectivity index (χ2n) is 2.64. The van der Waals surface area contributed by atoms with Gasteiger partial charge in [0.2, 0.25) is 5.12 Å². The summed E-state index contributed by atoms with van der Waals surface area (Å²) in [7, 11) is 0. The third-order valence-corrected chi connectivity index (χ3v) is 2.66. The van der Waals surface area contributed by atoms with E-state index in [1.54, 1.807) is 6.08 Å². The Hall–Kier alpha value is -1.02. The molecule has 0 unspecified atom stereocenters. The zero-order valence-electron chi connectivity index (χ0n) is 6.49. The average molecular weight is 176 g/mol. The van der Waals surface area contributed by atoms with Crippen molar-refractivity contribution in [2.45, 2.75) is 0 Å². The molecule has 2 rings (SSSR count). The van der Waals surface area contributed by atoms with E-state index in [9.17, 15) is 4.79 Å². The molecule has 0 radical (unpaired) electrons. The van der Waals surface area contributed by atoms with E-state index >= 15 is 0 Å². The molecule has 60 valence electrons. The summed E-state index contributed by atoms with van der Waals surface area (Å²) in [4.78, 5) is 10.9. The largest absolute Gasteiger partial charge is 0.282 e. The average Bonchev–Trinajstić information content (AvgIpc) is 2.54. The lowest BCUT2D eigenvalue weighted by Gasteiger charge is -1.97. The lowest BCUT2D eigenvalue weighted by atomic mass is 10.1. The van der Waals surface area contributed by atoms with Gasteiger partial charge in [-0.05, 0) is 17.2 Å². The lowest BCUT2D eigenvalue weighted by Crippen LogP contribution is -1.81. The Bertz CT molecular complexity index is 327. The first-order chi connectivity index (χ1) is 5.86. The zero-order valence-corrected chi connectivity index (χ0v) is 7.30. The third-order valence-electron chi connectivity index (χ3n) is 1.81. The molecule has 1 heterocycles. The van der Waals surface area contributed by atoms with Gasteiger partial charge < -0.3 is 0 Å². The number of rotatable bonds is 1. The molecule has 1 aromatic carbocycles. The maximum atomic E-state index is 10.9. The van der Waals surface area contributed by atoms with Crippen LogP contribution in [0, 0.1) is 0 Å². The summed E-state index contributed by atoms with van der Waals surface area (Å²) in [5.41, 5.74) is 2.31. The van der Waals surface area contributed by atoms with E-state index in [4.69, 9.17) is 0 Å². The van der Waals surface area contributed by atoms with E-state index in [1.807, 2.05) is 30.3 Å². The quantitative estimate of drug-likeness (QED) is 0.653. The molecule has 0 N–H and O–H groups in total. The van der Waals surface area contributed by atoms with Crippen LogP contribution in [0.1, 0.15) is 5.56 Å². The van der Waals surface area contributed by atoms with Crippen LogP contribution in [-0.2, 0) is 4.79 Å². The molecular weight excluding hydrogens is 168 g/mol. The Balaban J connectivity index is 2.33. The summed E-state index contributed by atoms with van der Waals surface area (Å²) in [6.07, 6.45) is 1.72. The van der Waals surface area contributed by atoms with Gasteiger partial charge in [0.05, 0.1) is 0 Å². The van der Waals surface area contributed by atoms with Gasteiger partial charge in [-0.15, -0.1) is 0 Å². The van der Waals surface area contributed by atoms with Gasteiger partial charge in [-0.1, -0.05) is 42.1 Å². The Morgan fingerprint density at radius 1 is 1.17 bits per heavy atom. The molecule has 0 atom stereocenters. The zero-order chi connectivity index (χ0) is 8.39. The molecule has 1 aliphatic rings. The predicted octanol–water partition coefficient (Wildman–Crippen LogP) is 2.34. The van der Waals surface area contributed by atoms with Crippen molar-refractivity contribution in [1.82, 2.24) is 0 Å². The molecule has 2 heteroatoms. The molecule has 0 fully saturated rings. The van der Waals surface area contributed by atoms with Crippen molar-refractivity contribution in [2.24, 2.45) is 0 Å². The Morgan fingerprint density at radius 2 is 1.92 bits per heavy atom. The second-order valence-corrected chi connectivity index (χ2v) is 3.62. The first kappa shape index (κ1) is 7.62. The lowest BCUT2D eigenvalue weighted by molar-refractivity contribution is -0.106. The first-order valence-electron chi connectivity index (χ1n) is 3.79. The molecule has 0 aliphatic carbocycles. The third kappa shape index (κ3) is 1.43. The van der Waals surface area contributed by atoms with E-state index < -0.39 is 0 Å². The molecule has 0 saturated carbocycles. The van der Waals surface area contributed by atoms with Gasteiger partial charge in [0.25, 0.3) is 0 Å². The van der Waals surface area contributed by atoms with Crippen molar-refractivity contribution in [3.8, 4) is 0 Å². The molecular formula is C10H8OS. The van der Waals surface area contributed by atoms with Crippen LogP contribution in [0.3, 0.4) is 0 Å². The number of hydrogen-bond acceptors (Lipinski definition) is 2. The fourth-order valence-corrected chi connectivity index (χ4v) is 1.97. The first-order valence-corrected chi connectivity index (χ1v) is 4.77. The second kappa shape index (κ2) is 3.15. The van der Waals surface area contributed by atoms with Crippen molar-refractivity contribution in [1.29, 1.82) is 0 Å². The number of hydrogen-bond donors (Lipinski definition) is 0. The molecule has 0 amide bonds. The normalized spacial score (nSPS) is 16.3. The summed E-state index contributed by atoms with van der Waals surface area (Å²) >= 11 is 1.37. The van der Waals surface area contributed by atoms with Crippen LogP contribution in [0.25, 0.3) is 5.57 Å². The number of carbonyl (C=O) groups is 1. The summed E-state index contributed by atoms with van der Waals surface area (Å²) in [5, 5.41) is 0.175. The van der Waals surface area contributed by atoms with Gasteiger partial charge in [-0.25, -0.2) is 0 Å². The number of benzene rings is 1. The number of carbonyl (C=O) groups excluding carboxylic acids is 1. The molecule has 0 bridgehead atoms. The van der Waals surface area contributed by atoms with Crippen molar-refractivity contribution in [2.75, 3.05) is 5.75 Å². The highest BCUT2D eigenvalue weighted by molar-refractivity contribution is 8.14. The highest BCUT2D eigenvalue weighted by Crippen LogP contribution is 2.26. The maximum absolute atomic E-state index is 10.9. The van der Waals surface area contributed by atoms with E-state index in [1.165, 1.54) is 11.8 Å². The molecule has 0 spiro atoms. The molecule has 1 aliphatic heterocycles. The van der Waals surface area contributed by atoms with Gasteiger partial charge in [0.1, 0.15) is 0 Å². The van der Waals surface area contributed by atoms with Crippen LogP contribution in [0.15, 0.2) is 36.4 Å². The van der Waals surface area contributed by atoms with Crippen LogP contribution in [-0.4, -0.2) is 10.9 Å². The van der Waals surface area contributed by atoms with Crippen molar-refractivity contribution < 1.29 is 4.79 Å². The van der Waals surface area contributed by atoms with Crippen molar-refractivity contribution in [3.05, 3.63) is 42.0 Å². The fourth-order valence-electron chi connectivity index (χ4n) is 1.19. The molecule has 1 nitrogen and oxygen atoms in total. The van der Waals surface area contributed by atoms with Crippen molar-refractivity contribution >= 4 is 22.5 Å². The monoisotopic (exact) mass is 176 g/mol. The maximum Gasteiger partial charge on any atom is 0.212 e. The van der Waals surface area contributed by atoms with Crippen molar-refractivity contribution in [3.63, 3.8) is 0 Å². The summed E-state index contributed by atoms with van der Waals surface area (Å²) in [5.74, 6) is 0.822. The van der Waals surface area contributed by atoms with Gasteiger partial charge in [0, 0.05) is 5.75 Å². The predicted molar refractivity (Wildman–Crippen MR) is 51.9 cm³/mol. The topological polar surface area (TPSA) is 17.1 Å². The van der Waals surface area contributed by atoms with E-state index in [0.29, 0.717) is 0 Å². The van der Waals surface area contributed by atoms with Crippen LogP contribution in [0.5, 0.6) is 0 Å². The summed E-state index contributed by atoms with van der Waals surface area (Å²) in [6.45, 7) is 0. The van der Waals surface area contributed by atoms with Crippen LogP contribution in [0.2, 0.25) is 0 Å². The summed E-state index contributed by atoms with van der Waals surface area (Å²) < 4.78 is 0. The smallest absolute Gasteiger partial charge is 0.212 e. The highest BCUT2D eigenvalue weighted by Gasteiger charge is 2.13. The minimum absolute atomic E-state index is 0.175. The van der Waals surface area contributed by atoms with Gasteiger partial charge in [-0.2, -0.15) is 0 Å². The summed E-state index contributed by atoms with van der Waals surface area (Å²) in [6, 6.07) is 10.0.